The molecule has 2 aromatic heterocycles. The Bertz CT molecular complexity index is 542. The minimum atomic E-state index is -1.06. The molecule has 1 aliphatic rings. The molecule has 0 bridgehead atoms. The standard InChI is InChI=1S/C8H6N4O3/c13-8(14)6-4-2-15-5-1-10-11-7(5)12(4)3-9-6/h1,3H,2H2,(H,10,11)(H,13,14). The van der Waals surface area contributed by atoms with Crippen LogP contribution in [0.15, 0.2) is 12.5 Å². The number of imidazole rings is 1. The van der Waals surface area contributed by atoms with Crippen LogP contribution in [0, 0.1) is 0 Å². The number of aromatic carboxylic acids is 1. The number of hydrogen-bond donors (Lipinski definition) is 2. The van der Waals surface area contributed by atoms with Gasteiger partial charge in [-0.15, -0.1) is 0 Å². The summed E-state index contributed by atoms with van der Waals surface area (Å²) in [6, 6.07) is 0. The zero-order valence-corrected chi connectivity index (χ0v) is 7.47. The second-order valence-electron chi connectivity index (χ2n) is 3.09. The normalized spacial score (nSPS) is 12.8. The molecule has 0 unspecified atom stereocenters. The number of hydrogen-bond acceptors (Lipinski definition) is 4. The summed E-state index contributed by atoms with van der Waals surface area (Å²) in [7, 11) is 0. The molecular formula is C8H6N4O3. The molecule has 7 nitrogen and oxygen atoms in total. The number of nitrogens with one attached hydrogen (secondary N) is 1. The third kappa shape index (κ3) is 0.967. The molecule has 0 amide bonds. The van der Waals surface area contributed by atoms with E-state index in [2.05, 4.69) is 15.2 Å². The highest BCUT2D eigenvalue weighted by Crippen LogP contribution is 2.28. The first-order valence-corrected chi connectivity index (χ1v) is 4.23. The van der Waals surface area contributed by atoms with Crippen LogP contribution < -0.4 is 4.74 Å². The fraction of sp³-hybridized carbons (Fsp3) is 0.125. The third-order valence-electron chi connectivity index (χ3n) is 2.26. The van der Waals surface area contributed by atoms with E-state index in [-0.39, 0.29) is 12.3 Å². The molecule has 1 aliphatic heterocycles. The Kier molecular flexibility index (Phi) is 1.39. The molecule has 0 saturated carbocycles. The fourth-order valence-electron chi connectivity index (χ4n) is 1.58. The fourth-order valence-corrected chi connectivity index (χ4v) is 1.58. The van der Waals surface area contributed by atoms with Gasteiger partial charge in [-0.2, -0.15) is 5.10 Å². The number of fused-ring (bicyclic) bond motifs is 3. The molecule has 0 saturated heterocycles. The number of H-pyrrole nitrogens is 1. The minimum absolute atomic E-state index is 0.00949. The summed E-state index contributed by atoms with van der Waals surface area (Å²) < 4.78 is 6.96. The summed E-state index contributed by atoms with van der Waals surface area (Å²) in [4.78, 5) is 14.6. The Morgan fingerprint density at radius 1 is 1.67 bits per heavy atom. The summed E-state index contributed by atoms with van der Waals surface area (Å²) in [5.41, 5.74) is 0.523. The first kappa shape index (κ1) is 8.04. The van der Waals surface area contributed by atoms with Crippen LogP contribution in [-0.2, 0) is 6.61 Å². The van der Waals surface area contributed by atoms with Crippen molar-refractivity contribution in [2.24, 2.45) is 0 Å². The zero-order chi connectivity index (χ0) is 10.4. The number of aromatic nitrogens is 4. The number of carbonyl (C=O) groups is 1. The van der Waals surface area contributed by atoms with Gasteiger partial charge in [0.2, 0.25) is 0 Å². The van der Waals surface area contributed by atoms with E-state index in [4.69, 9.17) is 9.84 Å². The second-order valence-corrected chi connectivity index (χ2v) is 3.09. The molecule has 0 aromatic carbocycles. The van der Waals surface area contributed by atoms with Gasteiger partial charge in [-0.1, -0.05) is 0 Å². The van der Waals surface area contributed by atoms with Gasteiger partial charge < -0.3 is 9.84 Å². The van der Waals surface area contributed by atoms with Crippen molar-refractivity contribution in [3.05, 3.63) is 23.9 Å². The maximum absolute atomic E-state index is 10.8. The second kappa shape index (κ2) is 2.59. The van der Waals surface area contributed by atoms with Crippen molar-refractivity contribution in [2.75, 3.05) is 0 Å². The largest absolute Gasteiger partial charge is 0.482 e. The average molecular weight is 206 g/mol. The van der Waals surface area contributed by atoms with Crippen molar-refractivity contribution < 1.29 is 14.6 Å². The lowest BCUT2D eigenvalue weighted by Crippen LogP contribution is -2.14. The highest BCUT2D eigenvalue weighted by Gasteiger charge is 2.25. The molecule has 15 heavy (non-hydrogen) atoms. The first-order chi connectivity index (χ1) is 7.27. The van der Waals surface area contributed by atoms with Crippen LogP contribution in [0.25, 0.3) is 5.82 Å². The van der Waals surface area contributed by atoms with E-state index in [1.54, 1.807) is 10.8 Å². The SMILES string of the molecule is O=C(O)c1ncn2c1COc1cn[nH]c1-2. The number of nitrogens with zero attached hydrogens (tertiary/aromatic N) is 3. The van der Waals surface area contributed by atoms with Crippen LogP contribution >= 0.6 is 0 Å². The van der Waals surface area contributed by atoms with Gasteiger partial charge in [-0.3, -0.25) is 9.67 Å². The Balaban J connectivity index is 2.23. The average Bonchev–Trinajstić information content (AvgIpc) is 2.82. The van der Waals surface area contributed by atoms with Crippen molar-refractivity contribution in [3.8, 4) is 11.6 Å². The number of aromatic amines is 1. The van der Waals surface area contributed by atoms with E-state index >= 15 is 0 Å². The predicted octanol–water partition coefficient (Wildman–Crippen LogP) is 0.186. The first-order valence-electron chi connectivity index (χ1n) is 4.23. The number of rotatable bonds is 1. The summed E-state index contributed by atoms with van der Waals surface area (Å²) in [6.45, 7) is 0.189. The Labute approximate surface area is 83.3 Å². The molecule has 2 aromatic rings. The molecule has 0 radical (unpaired) electrons. The zero-order valence-electron chi connectivity index (χ0n) is 7.47. The molecule has 0 fully saturated rings. The summed E-state index contributed by atoms with van der Waals surface area (Å²) >= 11 is 0. The lowest BCUT2D eigenvalue weighted by atomic mass is 10.3. The Morgan fingerprint density at radius 3 is 3.33 bits per heavy atom. The van der Waals surface area contributed by atoms with Crippen molar-refractivity contribution in [1.82, 2.24) is 19.7 Å². The van der Waals surface area contributed by atoms with Crippen LogP contribution in [0.4, 0.5) is 0 Å². The van der Waals surface area contributed by atoms with E-state index in [0.717, 1.165) is 0 Å². The van der Waals surface area contributed by atoms with Crippen molar-refractivity contribution in [3.63, 3.8) is 0 Å². The third-order valence-corrected chi connectivity index (χ3v) is 2.26. The van der Waals surface area contributed by atoms with E-state index in [9.17, 15) is 4.79 Å². The van der Waals surface area contributed by atoms with Crippen LogP contribution in [0.5, 0.6) is 5.75 Å². The molecule has 3 heterocycles. The number of carboxylic acids is 1. The molecule has 7 heteroatoms. The van der Waals surface area contributed by atoms with Gasteiger partial charge in [-0.25, -0.2) is 9.78 Å². The summed E-state index contributed by atoms with van der Waals surface area (Å²) in [5, 5.41) is 15.4. The maximum atomic E-state index is 10.8. The van der Waals surface area contributed by atoms with E-state index in [0.29, 0.717) is 17.3 Å². The lowest BCUT2D eigenvalue weighted by Gasteiger charge is -2.15. The molecule has 3 rings (SSSR count). The number of carboxylic acid groups (broad SMARTS) is 1. The Morgan fingerprint density at radius 2 is 2.53 bits per heavy atom. The van der Waals surface area contributed by atoms with Crippen LogP contribution in [0.2, 0.25) is 0 Å². The van der Waals surface area contributed by atoms with E-state index in [1.165, 1.54) is 6.33 Å². The van der Waals surface area contributed by atoms with E-state index in [1.807, 2.05) is 0 Å². The molecule has 0 atom stereocenters. The van der Waals surface area contributed by atoms with Gasteiger partial charge in [-0.05, 0) is 0 Å². The molecule has 0 spiro atoms. The quantitative estimate of drug-likeness (QED) is 0.694. The van der Waals surface area contributed by atoms with Gasteiger partial charge in [0.1, 0.15) is 12.9 Å². The van der Waals surface area contributed by atoms with Crippen molar-refractivity contribution in [2.45, 2.75) is 6.61 Å². The lowest BCUT2D eigenvalue weighted by molar-refractivity contribution is 0.0687. The monoisotopic (exact) mass is 206 g/mol. The predicted molar refractivity (Wildman–Crippen MR) is 47.0 cm³/mol. The molecule has 2 N–H and O–H groups in total. The Hall–Kier alpha value is -2.31. The van der Waals surface area contributed by atoms with Gasteiger partial charge in [0.05, 0.1) is 11.9 Å². The van der Waals surface area contributed by atoms with Crippen molar-refractivity contribution in [1.29, 1.82) is 0 Å². The summed E-state index contributed by atoms with van der Waals surface area (Å²) in [5.74, 6) is 0.142. The van der Waals surface area contributed by atoms with Gasteiger partial charge in [0.15, 0.2) is 17.3 Å². The molecule has 0 aliphatic carbocycles. The highest BCUT2D eigenvalue weighted by atomic mass is 16.5. The highest BCUT2D eigenvalue weighted by molar-refractivity contribution is 5.87. The van der Waals surface area contributed by atoms with Crippen LogP contribution in [0.1, 0.15) is 16.2 Å². The van der Waals surface area contributed by atoms with E-state index < -0.39 is 5.97 Å². The summed E-state index contributed by atoms with van der Waals surface area (Å²) in [6.07, 6.45) is 2.98. The minimum Gasteiger partial charge on any atom is -0.482 e. The molecular weight excluding hydrogens is 200 g/mol. The molecule has 76 valence electrons. The smallest absolute Gasteiger partial charge is 0.356 e. The maximum Gasteiger partial charge on any atom is 0.356 e. The van der Waals surface area contributed by atoms with Crippen LogP contribution in [0.3, 0.4) is 0 Å². The van der Waals surface area contributed by atoms with Crippen LogP contribution in [-0.4, -0.2) is 30.8 Å². The van der Waals surface area contributed by atoms with Gasteiger partial charge in [0, 0.05) is 0 Å². The van der Waals surface area contributed by atoms with Crippen molar-refractivity contribution >= 4 is 5.97 Å². The van der Waals surface area contributed by atoms with Gasteiger partial charge >= 0.3 is 5.97 Å². The number of ether oxygens (including phenoxy) is 1. The topological polar surface area (TPSA) is 93.0 Å². The van der Waals surface area contributed by atoms with Gasteiger partial charge in [0.25, 0.3) is 0 Å².